The molecule has 3 aliphatic heterocycles. The van der Waals surface area contributed by atoms with Crippen molar-refractivity contribution in [2.75, 3.05) is 39.3 Å². The molecule has 0 spiro atoms. The van der Waals surface area contributed by atoms with Crippen LogP contribution in [0.1, 0.15) is 192 Å². The van der Waals surface area contributed by atoms with Crippen molar-refractivity contribution in [2.24, 2.45) is 22.0 Å². The van der Waals surface area contributed by atoms with Gasteiger partial charge in [-0.2, -0.15) is 0 Å². The van der Waals surface area contributed by atoms with E-state index in [4.69, 9.17) is 15.2 Å². The number of aldehydes is 1. The van der Waals surface area contributed by atoms with E-state index in [1.807, 2.05) is 74.2 Å². The van der Waals surface area contributed by atoms with Gasteiger partial charge in [0.2, 0.25) is 0 Å². The van der Waals surface area contributed by atoms with Gasteiger partial charge in [-0.25, -0.2) is 24.5 Å². The Morgan fingerprint density at radius 1 is 0.556 bits per heavy atom. The van der Waals surface area contributed by atoms with E-state index in [1.165, 1.54) is 78.4 Å². The highest BCUT2D eigenvalue weighted by Gasteiger charge is 2.54. The summed E-state index contributed by atoms with van der Waals surface area (Å²) in [7, 11) is 0. The van der Waals surface area contributed by atoms with Gasteiger partial charge >= 0.3 is 12.2 Å². The minimum atomic E-state index is -0.482. The van der Waals surface area contributed by atoms with Gasteiger partial charge < -0.3 is 54.7 Å². The molecule has 2 amide bonds. The number of nitrogens with one attached hydrogen (secondary N) is 3. The third-order valence-corrected chi connectivity index (χ3v) is 20.2. The first-order valence-corrected chi connectivity index (χ1v) is 34.0. The number of nitrogens with two attached hydrogens (primary N) is 1. The lowest BCUT2D eigenvalue weighted by Crippen LogP contribution is -2.44. The van der Waals surface area contributed by atoms with Crippen molar-refractivity contribution in [2.45, 2.75) is 218 Å². The molecule has 3 aromatic carbocycles. The van der Waals surface area contributed by atoms with Crippen LogP contribution in [0.4, 0.5) is 9.59 Å². The van der Waals surface area contributed by atoms with Crippen LogP contribution in [0.5, 0.6) is 0 Å². The van der Waals surface area contributed by atoms with Gasteiger partial charge in [0.25, 0.3) is 0 Å². The second-order valence-electron chi connectivity index (χ2n) is 29.8. The molecular formula is C73H100N12O5. The molecule has 482 valence electrons. The van der Waals surface area contributed by atoms with E-state index in [2.05, 4.69) is 125 Å². The molecule has 6 aromatic rings. The zero-order chi connectivity index (χ0) is 62.7. The number of hydrogen-bond acceptors (Lipinski definition) is 12. The fraction of sp³-hybridized carbons (Fsp3) is 0.589. The van der Waals surface area contributed by atoms with E-state index in [0.717, 1.165) is 141 Å². The molecule has 15 rings (SSSR count). The molecular weight excluding hydrogens is 1120 g/mol. The number of hydrogen-bond donors (Lipinski definition) is 4. The first-order chi connectivity index (χ1) is 43.4. The second kappa shape index (κ2) is 26.9. The Morgan fingerprint density at radius 2 is 0.967 bits per heavy atom. The molecule has 0 radical (unpaired) electrons. The molecule has 3 aromatic heterocycles. The zero-order valence-corrected chi connectivity index (χ0v) is 54.5. The van der Waals surface area contributed by atoms with E-state index >= 15 is 0 Å². The van der Waals surface area contributed by atoms with Crippen LogP contribution in [-0.4, -0.2) is 126 Å². The number of nitrogens with zero attached hydrogens (tertiary/aromatic N) is 8. The summed E-state index contributed by atoms with van der Waals surface area (Å²) in [6.07, 6.45) is 23.7. The Labute approximate surface area is 534 Å². The fourth-order valence-corrected chi connectivity index (χ4v) is 14.0. The van der Waals surface area contributed by atoms with Gasteiger partial charge in [-0.05, 0) is 147 Å². The zero-order valence-electron chi connectivity index (χ0n) is 54.5. The highest BCUT2D eigenvalue weighted by atomic mass is 16.6. The van der Waals surface area contributed by atoms with Gasteiger partial charge in [0.05, 0.1) is 17.6 Å². The van der Waals surface area contributed by atoms with Crippen molar-refractivity contribution >= 4 is 18.5 Å². The van der Waals surface area contributed by atoms with Gasteiger partial charge in [0, 0.05) is 144 Å². The van der Waals surface area contributed by atoms with E-state index in [0.29, 0.717) is 35.5 Å². The summed E-state index contributed by atoms with van der Waals surface area (Å²) in [6, 6.07) is 33.2. The summed E-state index contributed by atoms with van der Waals surface area (Å²) in [5.41, 5.74) is 13.3. The molecule has 0 saturated heterocycles. The highest BCUT2D eigenvalue weighted by molar-refractivity contribution is 5.72. The number of carbonyl (C=O) groups excluding carboxylic acids is 3. The Kier molecular flexibility index (Phi) is 19.0. The number of aryl methyl sites for hydroxylation is 3. The molecule has 0 bridgehead atoms. The number of benzene rings is 3. The molecule has 6 fully saturated rings. The maximum atomic E-state index is 13.2. The monoisotopic (exact) mass is 1220 g/mol. The number of aromatic nitrogens is 6. The smallest absolute Gasteiger partial charge is 0.410 e. The normalized spacial score (nSPS) is 23.4. The van der Waals surface area contributed by atoms with Crippen molar-refractivity contribution in [3.05, 3.63) is 161 Å². The van der Waals surface area contributed by atoms with Crippen LogP contribution in [-0.2, 0) is 61.5 Å². The Morgan fingerprint density at radius 3 is 1.40 bits per heavy atom. The van der Waals surface area contributed by atoms with Crippen LogP contribution in [0.2, 0.25) is 0 Å². The van der Waals surface area contributed by atoms with Gasteiger partial charge in [0.1, 0.15) is 34.4 Å². The molecule has 6 saturated carbocycles. The first kappa shape index (κ1) is 63.5. The van der Waals surface area contributed by atoms with Crippen molar-refractivity contribution in [1.82, 2.24) is 54.4 Å². The molecule has 5 N–H and O–H groups in total. The Balaban J connectivity index is 0.000000123. The first-order valence-electron chi connectivity index (χ1n) is 34.0. The van der Waals surface area contributed by atoms with Crippen molar-refractivity contribution in [3.8, 4) is 0 Å². The number of carbonyl (C=O) groups is 3. The van der Waals surface area contributed by atoms with Gasteiger partial charge in [-0.1, -0.05) is 91.0 Å². The molecule has 3 unspecified atom stereocenters. The number of ether oxygens (including phenoxy) is 2. The van der Waals surface area contributed by atoms with Crippen molar-refractivity contribution < 1.29 is 23.9 Å². The van der Waals surface area contributed by atoms with E-state index in [9.17, 15) is 14.4 Å². The molecule has 9 aliphatic rings. The third-order valence-electron chi connectivity index (χ3n) is 20.2. The van der Waals surface area contributed by atoms with Crippen LogP contribution in [0.3, 0.4) is 0 Å². The SMILES string of the molecule is CC(C)(C)OC(=O)N(CC1(CN)CC1)[C@H]1CC1c1ccccc1.CC(C)(C)OC(=O)N(CC1(CNCc2cnc3n2CCC3)CC1)[C@H]1CC1c1ccccc1.O=Cc1cnc2n1CCC2.c1ccc(C2C[C@@H]2NCC2(CNCc3cnc4n3CCC4)CC2)cc1. The molecule has 6 atom stereocenters. The summed E-state index contributed by atoms with van der Waals surface area (Å²) < 4.78 is 18.2. The average molecular weight is 1230 g/mol. The lowest BCUT2D eigenvalue weighted by molar-refractivity contribution is 0.0179. The predicted molar refractivity (Wildman–Crippen MR) is 351 cm³/mol. The van der Waals surface area contributed by atoms with Crippen molar-refractivity contribution in [3.63, 3.8) is 0 Å². The lowest BCUT2D eigenvalue weighted by atomic mass is 10.1. The number of rotatable bonds is 22. The summed E-state index contributed by atoms with van der Waals surface area (Å²) in [6.45, 7) is 22.0. The summed E-state index contributed by atoms with van der Waals surface area (Å²) in [5.74, 6) is 5.14. The summed E-state index contributed by atoms with van der Waals surface area (Å²) in [4.78, 5) is 53.4. The number of fused-ring (bicyclic) bond motifs is 3. The van der Waals surface area contributed by atoms with Gasteiger partial charge in [0.15, 0.2) is 6.29 Å². The van der Waals surface area contributed by atoms with Gasteiger partial charge in [-0.15, -0.1) is 0 Å². The lowest BCUT2D eigenvalue weighted by Gasteiger charge is -2.31. The van der Waals surface area contributed by atoms with Crippen LogP contribution in [0, 0.1) is 16.2 Å². The predicted octanol–water partition coefficient (Wildman–Crippen LogP) is 11.5. The van der Waals surface area contributed by atoms with Crippen LogP contribution in [0.15, 0.2) is 110 Å². The van der Waals surface area contributed by atoms with E-state index < -0.39 is 11.2 Å². The molecule has 17 heteroatoms. The standard InChI is InChI=1S/C26H36N4O2.C21H28N4.C19H28N2O2.C7H8N2O/c1-25(2,3)32-24(31)30(22-14-21(22)19-8-5-4-6-9-19)18-26(11-12-26)17-27-15-20-16-28-23-10-7-13-29(20)23;1-2-5-16(6-3-1)18-11-19(18)24-15-21(8-9-21)14-22-12-17-13-23-20-7-4-10-25(17)20;1-18(2,3)23-17(22)21(13-19(12-20)9-10-19)16-11-15(16)14-7-5-4-6-8-14;10-5-6-4-8-7-2-1-3-9(6)7/h4-6,8-9,16,21-22,27H,7,10-15,17-18H2,1-3H3;1-3,5-6,13,18-19,22,24H,4,7-12,14-15H2;4-8,15-16H,9-13,20H2,1-3H3;4-5H,1-3H2/t21?,22-;18?,19-;15?,16-;/m000./s1. The van der Waals surface area contributed by atoms with Crippen LogP contribution >= 0.6 is 0 Å². The highest BCUT2D eigenvalue weighted by Crippen LogP contribution is 2.53. The maximum Gasteiger partial charge on any atom is 0.410 e. The minimum Gasteiger partial charge on any atom is -0.444 e. The summed E-state index contributed by atoms with van der Waals surface area (Å²) in [5, 5.41) is 11.2. The second-order valence-corrected chi connectivity index (χ2v) is 29.8. The fourth-order valence-electron chi connectivity index (χ4n) is 14.0. The maximum absolute atomic E-state index is 13.2. The number of imidazole rings is 3. The molecule has 6 heterocycles. The average Bonchev–Trinajstić information content (AvgIpc) is 1.71. The van der Waals surface area contributed by atoms with Crippen LogP contribution in [0.25, 0.3) is 0 Å². The topological polar surface area (TPSA) is 192 Å². The largest absolute Gasteiger partial charge is 0.444 e. The molecule has 90 heavy (non-hydrogen) atoms. The molecule has 6 aliphatic carbocycles. The summed E-state index contributed by atoms with van der Waals surface area (Å²) >= 11 is 0. The molecule has 17 nitrogen and oxygen atoms in total. The van der Waals surface area contributed by atoms with Crippen LogP contribution < -0.4 is 21.7 Å². The Hall–Kier alpha value is -6.66. The number of amides is 2. The Bertz CT molecular complexity index is 3370. The quantitative estimate of drug-likeness (QED) is 0.0471. The minimum absolute atomic E-state index is 0.126. The van der Waals surface area contributed by atoms with E-state index in [1.54, 1.807) is 6.20 Å². The van der Waals surface area contributed by atoms with Gasteiger partial charge in [-0.3, -0.25) is 4.79 Å². The third kappa shape index (κ3) is 16.1. The van der Waals surface area contributed by atoms with Crippen molar-refractivity contribution in [1.29, 1.82) is 0 Å². The van der Waals surface area contributed by atoms with E-state index in [-0.39, 0.29) is 35.1 Å².